The molecule has 2 aromatic heterocycles. The van der Waals surface area contributed by atoms with E-state index in [2.05, 4.69) is 10.1 Å². The van der Waals surface area contributed by atoms with E-state index >= 15 is 0 Å². The highest BCUT2D eigenvalue weighted by Gasteiger charge is 2.25. The zero-order valence-corrected chi connectivity index (χ0v) is 18.7. The fourth-order valence-corrected chi connectivity index (χ4v) is 3.59. The van der Waals surface area contributed by atoms with Crippen LogP contribution in [-0.2, 0) is 6.42 Å². The van der Waals surface area contributed by atoms with Gasteiger partial charge >= 0.3 is 0 Å². The summed E-state index contributed by atoms with van der Waals surface area (Å²) in [4.78, 5) is 19.4. The van der Waals surface area contributed by atoms with Gasteiger partial charge in [0, 0.05) is 18.5 Å². The molecule has 0 bridgehead atoms. The van der Waals surface area contributed by atoms with Crippen LogP contribution in [0.4, 0.5) is 0 Å². The smallest absolute Gasteiger partial charge is 0.290 e. The first-order valence-electron chi connectivity index (χ1n) is 10.5. The second-order valence-electron chi connectivity index (χ2n) is 7.39. The molecule has 0 aliphatic rings. The van der Waals surface area contributed by atoms with Crippen LogP contribution in [0.1, 0.15) is 35.0 Å². The van der Waals surface area contributed by atoms with Crippen molar-refractivity contribution in [1.82, 2.24) is 15.0 Å². The minimum absolute atomic E-state index is 0.169. The van der Waals surface area contributed by atoms with Crippen LogP contribution >= 0.6 is 0 Å². The van der Waals surface area contributed by atoms with Crippen molar-refractivity contribution in [2.24, 2.45) is 0 Å². The number of amides is 1. The lowest BCUT2D eigenvalue weighted by molar-refractivity contribution is 0.0656. The summed E-state index contributed by atoms with van der Waals surface area (Å²) in [6.07, 6.45) is 1.88. The standard InChI is InChI=1S/C25H25N3O5/c1-17(18-8-5-4-6-9-18)28(25(29)21-10-7-15-32-21)14-13-23-26-24(27-33-23)19-11-12-20(30-2)22(16-19)31-3/h4-12,15-17H,13-14H2,1-3H3/t17-/m0/s1. The van der Waals surface area contributed by atoms with E-state index in [1.165, 1.54) is 6.26 Å². The topological polar surface area (TPSA) is 90.8 Å². The van der Waals surface area contributed by atoms with E-state index in [1.807, 2.05) is 43.3 Å². The molecule has 2 aromatic carbocycles. The predicted molar refractivity (Wildman–Crippen MR) is 121 cm³/mol. The molecule has 8 heteroatoms. The van der Waals surface area contributed by atoms with E-state index < -0.39 is 0 Å². The molecule has 2 heterocycles. The molecular weight excluding hydrogens is 422 g/mol. The lowest BCUT2D eigenvalue weighted by atomic mass is 10.1. The van der Waals surface area contributed by atoms with E-state index in [9.17, 15) is 4.79 Å². The zero-order chi connectivity index (χ0) is 23.2. The van der Waals surface area contributed by atoms with Crippen LogP contribution in [0.25, 0.3) is 11.4 Å². The maximum atomic E-state index is 13.1. The predicted octanol–water partition coefficient (Wildman–Crippen LogP) is 4.79. The number of ether oxygens (including phenoxy) is 2. The van der Waals surface area contributed by atoms with Crippen LogP contribution in [0.15, 0.2) is 75.9 Å². The van der Waals surface area contributed by atoms with Crippen molar-refractivity contribution < 1.29 is 23.2 Å². The molecule has 8 nitrogen and oxygen atoms in total. The number of rotatable bonds is 9. The third kappa shape index (κ3) is 4.90. The Balaban J connectivity index is 1.53. The van der Waals surface area contributed by atoms with Gasteiger partial charge in [-0.3, -0.25) is 4.79 Å². The van der Waals surface area contributed by atoms with Crippen LogP contribution in [0, 0.1) is 0 Å². The lowest BCUT2D eigenvalue weighted by Gasteiger charge is -2.28. The number of benzene rings is 2. The summed E-state index contributed by atoms with van der Waals surface area (Å²) < 4.78 is 21.4. The number of methoxy groups -OCH3 is 2. The Hall–Kier alpha value is -4.07. The molecule has 1 atom stereocenters. The normalized spacial score (nSPS) is 11.7. The van der Waals surface area contributed by atoms with Gasteiger partial charge in [-0.1, -0.05) is 35.5 Å². The number of aromatic nitrogens is 2. The van der Waals surface area contributed by atoms with Crippen molar-refractivity contribution in [3.63, 3.8) is 0 Å². The van der Waals surface area contributed by atoms with Gasteiger partial charge in [-0.2, -0.15) is 4.98 Å². The summed E-state index contributed by atoms with van der Waals surface area (Å²) >= 11 is 0. The third-order valence-corrected chi connectivity index (χ3v) is 5.42. The summed E-state index contributed by atoms with van der Waals surface area (Å²) in [6, 6.07) is 18.4. The molecule has 0 aliphatic carbocycles. The molecule has 0 unspecified atom stereocenters. The fraction of sp³-hybridized carbons (Fsp3) is 0.240. The third-order valence-electron chi connectivity index (χ3n) is 5.42. The Bertz CT molecular complexity index is 1190. The number of hydrogen-bond acceptors (Lipinski definition) is 7. The average Bonchev–Trinajstić information content (AvgIpc) is 3.57. The maximum Gasteiger partial charge on any atom is 0.290 e. The van der Waals surface area contributed by atoms with E-state index in [4.69, 9.17) is 18.4 Å². The first-order chi connectivity index (χ1) is 16.1. The van der Waals surface area contributed by atoms with Gasteiger partial charge in [0.25, 0.3) is 5.91 Å². The number of carbonyl (C=O) groups is 1. The van der Waals surface area contributed by atoms with E-state index in [0.29, 0.717) is 36.2 Å². The van der Waals surface area contributed by atoms with Gasteiger partial charge in [-0.25, -0.2) is 0 Å². The Morgan fingerprint density at radius 1 is 1.03 bits per heavy atom. The first kappa shape index (κ1) is 22.1. The van der Waals surface area contributed by atoms with Gasteiger partial charge < -0.3 is 23.3 Å². The minimum atomic E-state index is -0.198. The number of nitrogens with zero attached hydrogens (tertiary/aromatic N) is 3. The Labute approximate surface area is 191 Å². The van der Waals surface area contributed by atoms with Crippen LogP contribution in [0.3, 0.4) is 0 Å². The monoisotopic (exact) mass is 447 g/mol. The quantitative estimate of drug-likeness (QED) is 0.364. The molecular formula is C25H25N3O5. The molecule has 1 amide bonds. The van der Waals surface area contributed by atoms with Crippen molar-refractivity contribution in [1.29, 1.82) is 0 Å². The summed E-state index contributed by atoms with van der Waals surface area (Å²) in [6.45, 7) is 2.36. The van der Waals surface area contributed by atoms with Crippen LogP contribution in [0.5, 0.6) is 11.5 Å². The highest BCUT2D eigenvalue weighted by molar-refractivity contribution is 5.91. The molecule has 0 saturated carbocycles. The molecule has 33 heavy (non-hydrogen) atoms. The van der Waals surface area contributed by atoms with Crippen molar-refractivity contribution in [2.45, 2.75) is 19.4 Å². The molecule has 0 saturated heterocycles. The van der Waals surface area contributed by atoms with Crippen LogP contribution < -0.4 is 9.47 Å². The van der Waals surface area contributed by atoms with Crippen molar-refractivity contribution in [2.75, 3.05) is 20.8 Å². The average molecular weight is 447 g/mol. The highest BCUT2D eigenvalue weighted by Crippen LogP contribution is 2.31. The summed E-state index contributed by atoms with van der Waals surface area (Å²) in [7, 11) is 3.15. The van der Waals surface area contributed by atoms with E-state index in [0.717, 1.165) is 11.1 Å². The Morgan fingerprint density at radius 2 is 1.82 bits per heavy atom. The van der Waals surface area contributed by atoms with Crippen LogP contribution in [-0.4, -0.2) is 41.7 Å². The van der Waals surface area contributed by atoms with Gasteiger partial charge in [0.15, 0.2) is 17.3 Å². The molecule has 170 valence electrons. The largest absolute Gasteiger partial charge is 0.493 e. The summed E-state index contributed by atoms with van der Waals surface area (Å²) in [5.74, 6) is 2.15. The van der Waals surface area contributed by atoms with Gasteiger partial charge in [0.1, 0.15) is 0 Å². The zero-order valence-electron chi connectivity index (χ0n) is 18.7. The van der Waals surface area contributed by atoms with Crippen molar-refractivity contribution in [3.05, 3.63) is 84.1 Å². The molecule has 0 aliphatic heterocycles. The molecule has 0 N–H and O–H groups in total. The van der Waals surface area contributed by atoms with Crippen molar-refractivity contribution >= 4 is 5.91 Å². The van der Waals surface area contributed by atoms with Crippen LogP contribution in [0.2, 0.25) is 0 Å². The molecule has 0 radical (unpaired) electrons. The SMILES string of the molecule is COc1ccc(-c2noc(CCN(C(=O)c3ccco3)[C@@H](C)c3ccccc3)n2)cc1OC. The molecule has 0 fully saturated rings. The maximum absolute atomic E-state index is 13.1. The number of carbonyl (C=O) groups excluding carboxylic acids is 1. The van der Waals surface area contributed by atoms with E-state index in [-0.39, 0.29) is 17.7 Å². The molecule has 4 aromatic rings. The summed E-state index contributed by atoms with van der Waals surface area (Å²) in [5, 5.41) is 4.09. The van der Waals surface area contributed by atoms with Gasteiger partial charge in [0.2, 0.25) is 11.7 Å². The Kier molecular flexibility index (Phi) is 6.73. The minimum Gasteiger partial charge on any atom is -0.493 e. The van der Waals surface area contributed by atoms with E-state index in [1.54, 1.807) is 43.4 Å². The van der Waals surface area contributed by atoms with Gasteiger partial charge in [-0.15, -0.1) is 0 Å². The second kappa shape index (κ2) is 10.0. The highest BCUT2D eigenvalue weighted by atomic mass is 16.5. The van der Waals surface area contributed by atoms with Crippen molar-refractivity contribution in [3.8, 4) is 22.9 Å². The lowest BCUT2D eigenvalue weighted by Crippen LogP contribution is -2.35. The molecule has 0 spiro atoms. The van der Waals surface area contributed by atoms with Gasteiger partial charge in [-0.05, 0) is 42.8 Å². The molecule has 4 rings (SSSR count). The second-order valence-corrected chi connectivity index (χ2v) is 7.39. The fourth-order valence-electron chi connectivity index (χ4n) is 3.59. The first-order valence-corrected chi connectivity index (χ1v) is 10.5. The number of furan rings is 1. The summed E-state index contributed by atoms with van der Waals surface area (Å²) in [5.41, 5.74) is 1.76. The Morgan fingerprint density at radius 3 is 2.52 bits per heavy atom. The van der Waals surface area contributed by atoms with Gasteiger partial charge in [0.05, 0.1) is 26.5 Å². The number of hydrogen-bond donors (Lipinski definition) is 0.